The van der Waals surface area contributed by atoms with E-state index < -0.39 is 10.8 Å². The SMILES string of the molecule is CCc1nncn1CCNC(=NC)NCCS(=O)Cc1ccccc1.I. The molecule has 2 N–H and O–H groups in total. The van der Waals surface area contributed by atoms with E-state index in [9.17, 15) is 4.21 Å². The number of halogens is 1. The van der Waals surface area contributed by atoms with Gasteiger partial charge in [0.1, 0.15) is 12.2 Å². The van der Waals surface area contributed by atoms with Gasteiger partial charge in [-0.2, -0.15) is 0 Å². The van der Waals surface area contributed by atoms with Crippen LogP contribution in [-0.4, -0.2) is 50.8 Å². The second kappa shape index (κ2) is 12.8. The van der Waals surface area contributed by atoms with Gasteiger partial charge in [0.05, 0.1) is 0 Å². The Morgan fingerprint density at radius 3 is 2.65 bits per heavy atom. The molecule has 144 valence electrons. The van der Waals surface area contributed by atoms with Gasteiger partial charge in [0.25, 0.3) is 0 Å². The number of guanidine groups is 1. The second-order valence-corrected chi connectivity index (χ2v) is 7.07. The second-order valence-electron chi connectivity index (χ2n) is 5.49. The number of hydrogen-bond acceptors (Lipinski definition) is 4. The fourth-order valence-corrected chi connectivity index (χ4v) is 3.41. The molecule has 26 heavy (non-hydrogen) atoms. The van der Waals surface area contributed by atoms with Gasteiger partial charge < -0.3 is 15.2 Å². The predicted octanol–water partition coefficient (Wildman–Crippen LogP) is 1.57. The number of aliphatic imine (C=N–C) groups is 1. The van der Waals surface area contributed by atoms with Crippen molar-refractivity contribution in [3.63, 3.8) is 0 Å². The van der Waals surface area contributed by atoms with E-state index in [2.05, 4.69) is 32.7 Å². The first-order chi connectivity index (χ1) is 12.2. The monoisotopic (exact) mass is 490 g/mol. The van der Waals surface area contributed by atoms with Crippen LogP contribution in [0.25, 0.3) is 0 Å². The van der Waals surface area contributed by atoms with E-state index in [1.165, 1.54) is 0 Å². The Hall–Kier alpha value is -1.49. The number of aromatic nitrogens is 3. The predicted molar refractivity (Wildman–Crippen MR) is 117 cm³/mol. The van der Waals surface area contributed by atoms with Crippen molar-refractivity contribution in [2.45, 2.75) is 25.6 Å². The van der Waals surface area contributed by atoms with Crippen LogP contribution in [0.15, 0.2) is 41.7 Å². The smallest absolute Gasteiger partial charge is 0.191 e. The third-order valence-corrected chi connectivity index (χ3v) is 4.99. The third kappa shape index (κ3) is 7.81. The van der Waals surface area contributed by atoms with Crippen LogP contribution in [0, 0.1) is 0 Å². The molecule has 1 aromatic carbocycles. The number of nitrogens with zero attached hydrogens (tertiary/aromatic N) is 4. The van der Waals surface area contributed by atoms with Gasteiger partial charge in [-0.1, -0.05) is 37.3 Å². The summed E-state index contributed by atoms with van der Waals surface area (Å²) in [6.45, 7) is 4.17. The molecule has 0 bridgehead atoms. The number of aryl methyl sites for hydroxylation is 1. The van der Waals surface area contributed by atoms with Crippen LogP contribution >= 0.6 is 24.0 Å². The lowest BCUT2D eigenvalue weighted by molar-refractivity contribution is 0.633. The number of hydrogen-bond donors (Lipinski definition) is 2. The summed E-state index contributed by atoms with van der Waals surface area (Å²) in [5, 5.41) is 14.4. The molecule has 0 spiro atoms. The van der Waals surface area contributed by atoms with Gasteiger partial charge in [-0.25, -0.2) is 0 Å². The summed E-state index contributed by atoms with van der Waals surface area (Å²) in [5.41, 5.74) is 1.10. The first-order valence-electron chi connectivity index (χ1n) is 8.43. The van der Waals surface area contributed by atoms with Crippen LogP contribution in [0.5, 0.6) is 0 Å². The van der Waals surface area contributed by atoms with Crippen LogP contribution in [-0.2, 0) is 29.5 Å². The Bertz CT molecular complexity index is 692. The summed E-state index contributed by atoms with van der Waals surface area (Å²) in [6.07, 6.45) is 2.60. The quantitative estimate of drug-likeness (QED) is 0.317. The molecule has 7 nitrogen and oxygen atoms in total. The molecular weight excluding hydrogens is 463 g/mol. The van der Waals surface area contributed by atoms with Gasteiger partial charge in [-0.3, -0.25) is 9.20 Å². The number of benzene rings is 1. The molecule has 2 aromatic rings. The molecule has 0 aliphatic heterocycles. The number of nitrogens with one attached hydrogen (secondary N) is 2. The van der Waals surface area contributed by atoms with Gasteiger partial charge in [-0.05, 0) is 5.56 Å². The molecule has 0 radical (unpaired) electrons. The molecule has 0 amide bonds. The summed E-state index contributed by atoms with van der Waals surface area (Å²) in [5.74, 6) is 2.85. The lowest BCUT2D eigenvalue weighted by Crippen LogP contribution is -2.40. The minimum absolute atomic E-state index is 0. The van der Waals surface area contributed by atoms with Gasteiger partial charge in [0, 0.05) is 55.4 Å². The van der Waals surface area contributed by atoms with Crippen molar-refractivity contribution in [3.05, 3.63) is 48.0 Å². The standard InChI is InChI=1S/C17H26N6OS.HI/c1-3-16-22-21-14-23(16)11-9-19-17(18-2)20-10-12-25(24)13-15-7-5-4-6-8-15;/h4-8,14H,3,9-13H2,1-2H3,(H2,18,19,20);1H. The van der Waals surface area contributed by atoms with Crippen LogP contribution in [0.4, 0.5) is 0 Å². The largest absolute Gasteiger partial charge is 0.355 e. The van der Waals surface area contributed by atoms with Crippen LogP contribution < -0.4 is 10.6 Å². The van der Waals surface area contributed by atoms with Gasteiger partial charge >= 0.3 is 0 Å². The molecule has 0 aliphatic carbocycles. The van der Waals surface area contributed by atoms with E-state index in [0.717, 1.165) is 30.9 Å². The fraction of sp³-hybridized carbons (Fsp3) is 0.471. The highest BCUT2D eigenvalue weighted by atomic mass is 127. The minimum Gasteiger partial charge on any atom is -0.355 e. The minimum atomic E-state index is -0.890. The Morgan fingerprint density at radius 1 is 1.23 bits per heavy atom. The van der Waals surface area contributed by atoms with E-state index in [4.69, 9.17) is 0 Å². The van der Waals surface area contributed by atoms with Crippen molar-refractivity contribution in [1.29, 1.82) is 0 Å². The van der Waals surface area contributed by atoms with E-state index in [-0.39, 0.29) is 24.0 Å². The molecule has 1 unspecified atom stereocenters. The fourth-order valence-electron chi connectivity index (χ4n) is 2.37. The maximum Gasteiger partial charge on any atom is 0.191 e. The van der Waals surface area contributed by atoms with Crippen LogP contribution in [0.1, 0.15) is 18.3 Å². The maximum atomic E-state index is 12.1. The Labute approximate surface area is 174 Å². The average Bonchev–Trinajstić information content (AvgIpc) is 3.08. The van der Waals surface area contributed by atoms with E-state index >= 15 is 0 Å². The van der Waals surface area contributed by atoms with Gasteiger partial charge in [0.15, 0.2) is 5.96 Å². The van der Waals surface area contributed by atoms with Crippen molar-refractivity contribution in [3.8, 4) is 0 Å². The maximum absolute atomic E-state index is 12.1. The molecule has 1 aromatic heterocycles. The van der Waals surface area contributed by atoms with E-state index in [0.29, 0.717) is 24.0 Å². The summed E-state index contributed by atoms with van der Waals surface area (Å²) >= 11 is 0. The zero-order chi connectivity index (χ0) is 17.9. The molecule has 0 saturated heterocycles. The summed E-state index contributed by atoms with van der Waals surface area (Å²) in [7, 11) is 0.839. The van der Waals surface area contributed by atoms with Crippen LogP contribution in [0.2, 0.25) is 0 Å². The molecule has 9 heteroatoms. The van der Waals surface area contributed by atoms with Gasteiger partial charge in [0.2, 0.25) is 0 Å². The van der Waals surface area contributed by atoms with Crippen LogP contribution in [0.3, 0.4) is 0 Å². The molecular formula is C17H27IN6OS. The lowest BCUT2D eigenvalue weighted by Gasteiger charge is -2.12. The zero-order valence-electron chi connectivity index (χ0n) is 15.2. The van der Waals surface area contributed by atoms with E-state index in [1.807, 2.05) is 34.9 Å². The first kappa shape index (κ1) is 22.6. The topological polar surface area (TPSA) is 84.2 Å². The molecule has 0 aliphatic rings. The van der Waals surface area contributed by atoms with Crippen molar-refractivity contribution in [2.75, 3.05) is 25.9 Å². The summed E-state index contributed by atoms with van der Waals surface area (Å²) < 4.78 is 14.1. The highest BCUT2D eigenvalue weighted by Crippen LogP contribution is 2.02. The van der Waals surface area contributed by atoms with Crippen molar-refractivity contribution < 1.29 is 4.21 Å². The van der Waals surface area contributed by atoms with Crippen molar-refractivity contribution in [2.24, 2.45) is 4.99 Å². The third-order valence-electron chi connectivity index (χ3n) is 3.67. The van der Waals surface area contributed by atoms with Crippen molar-refractivity contribution in [1.82, 2.24) is 25.4 Å². The molecule has 1 atom stereocenters. The normalized spacial score (nSPS) is 12.3. The Kier molecular flexibility index (Phi) is 11.1. The van der Waals surface area contributed by atoms with Crippen molar-refractivity contribution >= 4 is 40.7 Å². The molecule has 0 saturated carbocycles. The summed E-state index contributed by atoms with van der Waals surface area (Å²) in [6, 6.07) is 9.90. The summed E-state index contributed by atoms with van der Waals surface area (Å²) in [4.78, 5) is 4.19. The zero-order valence-corrected chi connectivity index (χ0v) is 18.4. The highest BCUT2D eigenvalue weighted by molar-refractivity contribution is 14.0. The first-order valence-corrected chi connectivity index (χ1v) is 9.91. The molecule has 0 fully saturated rings. The average molecular weight is 490 g/mol. The molecule has 1 heterocycles. The Balaban J connectivity index is 0.00000338. The number of rotatable bonds is 9. The van der Waals surface area contributed by atoms with E-state index in [1.54, 1.807) is 13.4 Å². The molecule has 2 rings (SSSR count). The highest BCUT2D eigenvalue weighted by Gasteiger charge is 2.04. The lowest BCUT2D eigenvalue weighted by atomic mass is 10.2. The van der Waals surface area contributed by atoms with Gasteiger partial charge in [-0.15, -0.1) is 34.2 Å². The Morgan fingerprint density at radius 2 is 1.96 bits per heavy atom.